The average molecular weight is 629 g/mol. The van der Waals surface area contributed by atoms with Crippen LogP contribution in [0.25, 0.3) is 0 Å². The first-order chi connectivity index (χ1) is 20.9. The molecule has 1 aliphatic carbocycles. The van der Waals surface area contributed by atoms with Crippen LogP contribution in [0.1, 0.15) is 41.6 Å². The summed E-state index contributed by atoms with van der Waals surface area (Å²) in [6.07, 6.45) is 6.31. The van der Waals surface area contributed by atoms with Crippen LogP contribution < -0.4 is 20.5 Å². The molecule has 1 aliphatic heterocycles. The van der Waals surface area contributed by atoms with Gasteiger partial charge in [0.05, 0.1) is 17.5 Å². The molecule has 0 radical (unpaired) electrons. The number of sulfonamides is 1. The number of nitrogens with zero attached hydrogens (tertiary/aromatic N) is 3. The molecule has 3 aromatic rings. The molecule has 2 fully saturated rings. The molecule has 2 aliphatic rings. The minimum absolute atomic E-state index is 0.0566. The van der Waals surface area contributed by atoms with Crippen molar-refractivity contribution in [3.63, 3.8) is 0 Å². The maximum atomic E-state index is 14.4. The first-order valence-corrected chi connectivity index (χ1v) is 16.1. The van der Waals surface area contributed by atoms with E-state index >= 15 is 0 Å². The topological polar surface area (TPSA) is 147 Å². The molecular formula is C30H34F2N6O5S. The lowest BCUT2D eigenvalue weighted by molar-refractivity contribution is 0.0996. The third-order valence-electron chi connectivity index (χ3n) is 7.56. The summed E-state index contributed by atoms with van der Waals surface area (Å²) in [5.41, 5.74) is 5.84. The number of anilines is 2. The Morgan fingerprint density at radius 1 is 1.05 bits per heavy atom. The van der Waals surface area contributed by atoms with Crippen LogP contribution in [0.2, 0.25) is 0 Å². The van der Waals surface area contributed by atoms with E-state index in [2.05, 4.69) is 19.9 Å². The quantitative estimate of drug-likeness (QED) is 0.283. The molecule has 0 atom stereocenters. The Bertz CT molecular complexity index is 1610. The third-order valence-corrected chi connectivity index (χ3v) is 8.16. The molecule has 0 spiro atoms. The van der Waals surface area contributed by atoms with E-state index in [1.54, 1.807) is 41.4 Å². The number of piperidine rings is 1. The van der Waals surface area contributed by atoms with Crippen molar-refractivity contribution in [2.75, 3.05) is 35.9 Å². The zero-order valence-electron chi connectivity index (χ0n) is 24.1. The maximum absolute atomic E-state index is 14.4. The predicted octanol–water partition coefficient (Wildman–Crippen LogP) is 4.53. The second-order valence-electron chi connectivity index (χ2n) is 11.2. The van der Waals surface area contributed by atoms with Gasteiger partial charge in [0, 0.05) is 56.2 Å². The standard InChI is InChI=1S/C30H34F2N6O5S/c1-44(41,42)36-21-5-7-23(8-6-21)43-28-9-4-20(16-34-28)17-37-12-10-22(11-13-37)38(18-19-2-3-19)30(40)35-27-14-24(29(33)39)25(31)15-26(27)32/h4-9,14-16,19,22,36H,2-3,10-13,17-18H2,1H3,(H2,33,39)(H,35,40). The first-order valence-electron chi connectivity index (χ1n) is 14.2. The number of halogens is 2. The molecule has 3 amide bonds. The highest BCUT2D eigenvalue weighted by Gasteiger charge is 2.33. The highest BCUT2D eigenvalue weighted by Crippen LogP contribution is 2.32. The number of urea groups is 1. The first kappa shape index (κ1) is 31.1. The van der Waals surface area contributed by atoms with E-state index in [9.17, 15) is 26.8 Å². The largest absolute Gasteiger partial charge is 0.439 e. The van der Waals surface area contributed by atoms with Gasteiger partial charge in [-0.1, -0.05) is 6.07 Å². The predicted molar refractivity (Wildman–Crippen MR) is 161 cm³/mol. The summed E-state index contributed by atoms with van der Waals surface area (Å²) in [6, 6.07) is 11.1. The summed E-state index contributed by atoms with van der Waals surface area (Å²) in [7, 11) is -3.36. The summed E-state index contributed by atoms with van der Waals surface area (Å²) in [5.74, 6) is -1.80. The van der Waals surface area contributed by atoms with E-state index in [-0.39, 0.29) is 11.7 Å². The Morgan fingerprint density at radius 3 is 2.34 bits per heavy atom. The molecule has 4 N–H and O–H groups in total. The summed E-state index contributed by atoms with van der Waals surface area (Å²) in [6.45, 7) is 2.69. The van der Waals surface area contributed by atoms with Gasteiger partial charge in [0.2, 0.25) is 15.9 Å². The van der Waals surface area contributed by atoms with Crippen molar-refractivity contribution in [1.82, 2.24) is 14.8 Å². The summed E-state index contributed by atoms with van der Waals surface area (Å²) >= 11 is 0. The second-order valence-corrected chi connectivity index (χ2v) is 13.0. The highest BCUT2D eigenvalue weighted by molar-refractivity contribution is 7.92. The SMILES string of the molecule is CS(=O)(=O)Nc1ccc(Oc2ccc(CN3CCC(N(CC4CC4)C(=O)Nc4cc(C(N)=O)c(F)cc4F)CC3)cn2)cc1. The van der Waals surface area contributed by atoms with Crippen LogP contribution in [-0.2, 0) is 16.6 Å². The minimum Gasteiger partial charge on any atom is -0.439 e. The van der Waals surface area contributed by atoms with Crippen LogP contribution in [0.15, 0.2) is 54.7 Å². The normalized spacial score (nSPS) is 15.9. The Kier molecular flexibility index (Phi) is 9.30. The highest BCUT2D eigenvalue weighted by atomic mass is 32.2. The fourth-order valence-electron chi connectivity index (χ4n) is 5.13. The number of pyridine rings is 1. The molecule has 0 unspecified atom stereocenters. The Hall–Kier alpha value is -4.30. The van der Waals surface area contributed by atoms with Crippen molar-refractivity contribution in [3.8, 4) is 11.6 Å². The number of rotatable bonds is 11. The fraction of sp³-hybridized carbons (Fsp3) is 0.367. The van der Waals surface area contributed by atoms with Crippen LogP contribution in [0.5, 0.6) is 11.6 Å². The van der Waals surface area contributed by atoms with E-state index in [0.29, 0.717) is 42.4 Å². The third kappa shape index (κ3) is 8.41. The number of hydrogen-bond acceptors (Lipinski definition) is 7. The number of benzene rings is 2. The van der Waals surface area contributed by atoms with Crippen molar-refractivity contribution in [2.45, 2.75) is 38.3 Å². The molecule has 5 rings (SSSR count). The van der Waals surface area contributed by atoms with E-state index < -0.39 is 39.2 Å². The number of carbonyl (C=O) groups excluding carboxylic acids is 2. The van der Waals surface area contributed by atoms with E-state index in [4.69, 9.17) is 10.5 Å². The van der Waals surface area contributed by atoms with Crippen molar-refractivity contribution in [2.24, 2.45) is 11.7 Å². The second kappa shape index (κ2) is 13.1. The number of amides is 3. The molecule has 14 heteroatoms. The van der Waals surface area contributed by atoms with E-state index in [0.717, 1.165) is 56.7 Å². The number of aromatic nitrogens is 1. The smallest absolute Gasteiger partial charge is 0.322 e. The van der Waals surface area contributed by atoms with Gasteiger partial charge < -0.3 is 20.7 Å². The number of primary amides is 1. The van der Waals surface area contributed by atoms with Crippen LogP contribution in [0.3, 0.4) is 0 Å². The van der Waals surface area contributed by atoms with Gasteiger partial charge in [0.25, 0.3) is 5.91 Å². The van der Waals surface area contributed by atoms with E-state index in [1.165, 1.54) is 0 Å². The van der Waals surface area contributed by atoms with Gasteiger partial charge in [0.1, 0.15) is 17.4 Å². The lowest BCUT2D eigenvalue weighted by Crippen LogP contribution is -2.49. The minimum atomic E-state index is -3.36. The van der Waals surface area contributed by atoms with Crippen LogP contribution >= 0.6 is 0 Å². The molecule has 1 saturated heterocycles. The summed E-state index contributed by atoms with van der Waals surface area (Å²) in [4.78, 5) is 33.2. The lowest BCUT2D eigenvalue weighted by atomic mass is 10.0. The molecular weight excluding hydrogens is 594 g/mol. The van der Waals surface area contributed by atoms with Crippen molar-refractivity contribution in [3.05, 3.63) is 77.5 Å². The maximum Gasteiger partial charge on any atom is 0.322 e. The Morgan fingerprint density at radius 2 is 1.75 bits per heavy atom. The number of ether oxygens (including phenoxy) is 1. The number of likely N-dealkylation sites (tertiary alicyclic amines) is 1. The Labute approximate surface area is 254 Å². The number of hydrogen-bond donors (Lipinski definition) is 3. The van der Waals surface area contributed by atoms with Gasteiger partial charge in [-0.2, -0.15) is 0 Å². The molecule has 1 saturated carbocycles. The average Bonchev–Trinajstić information content (AvgIpc) is 3.79. The van der Waals surface area contributed by atoms with Crippen molar-refractivity contribution >= 4 is 33.3 Å². The molecule has 0 bridgehead atoms. The monoisotopic (exact) mass is 628 g/mol. The van der Waals surface area contributed by atoms with Crippen molar-refractivity contribution < 1.29 is 31.5 Å². The number of carbonyl (C=O) groups is 2. The van der Waals surface area contributed by atoms with Crippen LogP contribution in [0.4, 0.5) is 25.0 Å². The van der Waals surface area contributed by atoms with Gasteiger partial charge in [-0.3, -0.25) is 14.4 Å². The molecule has 11 nitrogen and oxygen atoms in total. The van der Waals surface area contributed by atoms with Crippen LogP contribution in [0, 0.1) is 17.6 Å². The van der Waals surface area contributed by atoms with E-state index in [1.807, 2.05) is 6.07 Å². The zero-order valence-corrected chi connectivity index (χ0v) is 24.9. The Balaban J connectivity index is 1.14. The summed E-state index contributed by atoms with van der Waals surface area (Å²) < 4.78 is 59.2. The summed E-state index contributed by atoms with van der Waals surface area (Å²) in [5, 5.41) is 2.52. The molecule has 44 heavy (non-hydrogen) atoms. The number of nitrogens with two attached hydrogens (primary N) is 1. The van der Waals surface area contributed by atoms with Gasteiger partial charge in [-0.05, 0) is 67.5 Å². The lowest BCUT2D eigenvalue weighted by Gasteiger charge is -2.38. The molecule has 1 aromatic heterocycles. The molecule has 2 heterocycles. The van der Waals surface area contributed by atoms with Gasteiger partial charge >= 0.3 is 6.03 Å². The number of nitrogens with one attached hydrogen (secondary N) is 2. The van der Waals surface area contributed by atoms with Gasteiger partial charge in [-0.25, -0.2) is 27.0 Å². The zero-order chi connectivity index (χ0) is 31.4. The van der Waals surface area contributed by atoms with Crippen LogP contribution in [-0.4, -0.2) is 67.1 Å². The molecule has 234 valence electrons. The van der Waals surface area contributed by atoms with Gasteiger partial charge in [-0.15, -0.1) is 0 Å². The fourth-order valence-corrected chi connectivity index (χ4v) is 5.70. The van der Waals surface area contributed by atoms with Crippen molar-refractivity contribution in [1.29, 1.82) is 0 Å². The molecule has 2 aromatic carbocycles. The van der Waals surface area contributed by atoms with Gasteiger partial charge in [0.15, 0.2) is 0 Å².